The summed E-state index contributed by atoms with van der Waals surface area (Å²) in [6.07, 6.45) is 8.27. The van der Waals surface area contributed by atoms with Crippen LogP contribution in [0.4, 0.5) is 0 Å². The number of rotatable bonds is 11. The Balaban J connectivity index is 0.000000434. The molecule has 1 aliphatic carbocycles. The van der Waals surface area contributed by atoms with Gasteiger partial charge in [0.25, 0.3) is 5.91 Å². The summed E-state index contributed by atoms with van der Waals surface area (Å²) in [5.74, 6) is 0.437. The van der Waals surface area contributed by atoms with Crippen LogP contribution in [-0.4, -0.2) is 65.2 Å². The number of hydrogen-bond acceptors (Lipinski definition) is 6. The molecule has 1 fully saturated rings. The van der Waals surface area contributed by atoms with Crippen LogP contribution in [0.1, 0.15) is 39.0 Å². The molecule has 35 heavy (non-hydrogen) atoms. The fraction of sp³-hybridized carbons (Fsp3) is 0.560. The van der Waals surface area contributed by atoms with Gasteiger partial charge in [-0.3, -0.25) is 9.59 Å². The number of ketones is 1. The van der Waals surface area contributed by atoms with Crippen molar-refractivity contribution >= 4 is 52.2 Å². The van der Waals surface area contributed by atoms with Crippen LogP contribution < -0.4 is 0 Å². The number of Topliss-reactive ketones (excluding diaryl/α,β-unsaturated/α-hetero) is 1. The normalized spacial score (nSPS) is 19.4. The molecule has 1 saturated heterocycles. The Morgan fingerprint density at radius 3 is 2.34 bits per heavy atom. The van der Waals surface area contributed by atoms with E-state index in [1.807, 2.05) is 6.92 Å². The van der Waals surface area contributed by atoms with Gasteiger partial charge in [0.05, 0.1) is 11.3 Å². The molecule has 0 aromatic rings. The van der Waals surface area contributed by atoms with Gasteiger partial charge >= 0.3 is 0 Å². The van der Waals surface area contributed by atoms with Gasteiger partial charge in [-0.15, -0.1) is 13.2 Å². The van der Waals surface area contributed by atoms with E-state index in [0.29, 0.717) is 49.6 Å². The Hall–Kier alpha value is -1.80. The summed E-state index contributed by atoms with van der Waals surface area (Å²) in [7, 11) is 0. The number of amides is 1. The fourth-order valence-corrected chi connectivity index (χ4v) is 4.31. The van der Waals surface area contributed by atoms with E-state index in [1.165, 1.54) is 10.4 Å². The van der Waals surface area contributed by atoms with Gasteiger partial charge in [-0.25, -0.2) is 0 Å². The molecule has 2 aliphatic rings. The fourth-order valence-electron chi connectivity index (χ4n) is 3.96. The first kappa shape index (κ1) is 31.2. The number of aliphatic hydroxyl groups is 1. The molecule has 2 rings (SSSR count). The van der Waals surface area contributed by atoms with E-state index >= 15 is 0 Å². The van der Waals surface area contributed by atoms with Crippen LogP contribution in [0.3, 0.4) is 0 Å². The van der Waals surface area contributed by atoms with Crippen LogP contribution >= 0.6 is 34.8 Å². The Labute approximate surface area is 223 Å². The zero-order valence-electron chi connectivity index (χ0n) is 20.1. The molecule has 1 amide bonds. The highest BCUT2D eigenvalue weighted by Gasteiger charge is 2.35. The van der Waals surface area contributed by atoms with Crippen molar-refractivity contribution in [2.24, 2.45) is 17.0 Å². The number of carbonyl (C=O) groups is 2. The average Bonchev–Trinajstić information content (AvgIpc) is 2.85. The number of aliphatic hydroxyl groups excluding tert-OH is 1. The zero-order chi connectivity index (χ0) is 26.2. The Bertz CT molecular complexity index is 795. The van der Waals surface area contributed by atoms with Gasteiger partial charge in [0, 0.05) is 44.7 Å². The predicted octanol–water partition coefficient (Wildman–Crippen LogP) is 5.73. The van der Waals surface area contributed by atoms with Gasteiger partial charge < -0.3 is 19.6 Å². The minimum atomic E-state index is -1.01. The van der Waals surface area contributed by atoms with Crippen molar-refractivity contribution < 1.29 is 24.3 Å². The van der Waals surface area contributed by atoms with Crippen molar-refractivity contribution in [1.82, 2.24) is 4.90 Å². The molecule has 0 aromatic heterocycles. The summed E-state index contributed by atoms with van der Waals surface area (Å²) in [4.78, 5) is 29.3. The monoisotopic (exact) mass is 548 g/mol. The van der Waals surface area contributed by atoms with E-state index in [2.05, 4.69) is 18.3 Å². The van der Waals surface area contributed by atoms with Crippen molar-refractivity contribution in [3.63, 3.8) is 0 Å². The molecule has 0 radical (unpaired) electrons. The van der Waals surface area contributed by atoms with E-state index in [1.54, 1.807) is 18.2 Å². The first-order chi connectivity index (χ1) is 16.8. The van der Waals surface area contributed by atoms with Gasteiger partial charge in [0.15, 0.2) is 10.6 Å². The van der Waals surface area contributed by atoms with Gasteiger partial charge in [-0.05, 0) is 37.2 Å². The summed E-state index contributed by atoms with van der Waals surface area (Å²) >= 11 is 16.2. The third-order valence-corrected chi connectivity index (χ3v) is 6.21. The molecule has 0 bridgehead atoms. The molecule has 0 saturated carbocycles. The third-order valence-electron chi connectivity index (χ3n) is 5.66. The number of oxime groups is 1. The number of ether oxygens (including phenoxy) is 1. The molecule has 1 atom stereocenters. The van der Waals surface area contributed by atoms with Crippen molar-refractivity contribution in [3.05, 3.63) is 48.3 Å². The van der Waals surface area contributed by atoms with E-state index in [0.717, 1.165) is 26.1 Å². The second kappa shape index (κ2) is 17.6. The number of hydrogen-bond donors (Lipinski definition) is 1. The van der Waals surface area contributed by atoms with E-state index < -0.39 is 4.84 Å². The van der Waals surface area contributed by atoms with Crippen LogP contribution in [0.5, 0.6) is 0 Å². The summed E-state index contributed by atoms with van der Waals surface area (Å²) in [5.41, 5.74) is 2.19. The summed E-state index contributed by atoms with van der Waals surface area (Å²) < 4.78 is 5.38. The van der Waals surface area contributed by atoms with Crippen molar-refractivity contribution in [3.8, 4) is 0 Å². The molecule has 0 spiro atoms. The second-order valence-corrected chi connectivity index (χ2v) is 9.38. The van der Waals surface area contributed by atoms with Crippen LogP contribution in [0, 0.1) is 11.8 Å². The van der Waals surface area contributed by atoms with Crippen LogP contribution in [-0.2, 0) is 19.2 Å². The lowest BCUT2D eigenvalue weighted by Crippen LogP contribution is -2.35. The molecular weight excluding hydrogens is 515 g/mol. The van der Waals surface area contributed by atoms with Crippen molar-refractivity contribution in [1.29, 1.82) is 0 Å². The minimum absolute atomic E-state index is 0.0395. The topological polar surface area (TPSA) is 88.4 Å². The van der Waals surface area contributed by atoms with Gasteiger partial charge in [-0.2, -0.15) is 0 Å². The van der Waals surface area contributed by atoms with E-state index in [-0.39, 0.29) is 30.0 Å². The smallest absolute Gasteiger partial charge is 0.256 e. The molecule has 196 valence electrons. The number of carbonyl (C=O) groups excluding carboxylic acids is 2. The Morgan fingerprint density at radius 2 is 1.86 bits per heavy atom. The highest BCUT2D eigenvalue weighted by Crippen LogP contribution is 2.36. The highest BCUT2D eigenvalue weighted by atomic mass is 35.5. The number of nitrogens with zero attached hydrogens (tertiary/aromatic N) is 2. The Morgan fingerprint density at radius 1 is 1.23 bits per heavy atom. The molecule has 1 aliphatic heterocycles. The quantitative estimate of drug-likeness (QED) is 0.117. The molecule has 1 N–H and O–H groups in total. The average molecular weight is 550 g/mol. The van der Waals surface area contributed by atoms with Gasteiger partial charge in [-0.1, -0.05) is 59.0 Å². The molecule has 1 heterocycles. The van der Waals surface area contributed by atoms with Crippen LogP contribution in [0.25, 0.3) is 0 Å². The number of alkyl halides is 2. The van der Waals surface area contributed by atoms with Gasteiger partial charge in [0.2, 0.25) is 0 Å². The third kappa shape index (κ3) is 10.8. The summed E-state index contributed by atoms with van der Waals surface area (Å²) in [6, 6.07) is 0. The maximum atomic E-state index is 12.5. The number of allylic oxidation sites excluding steroid dienone is 2. The van der Waals surface area contributed by atoms with E-state index in [4.69, 9.17) is 44.4 Å². The van der Waals surface area contributed by atoms with Gasteiger partial charge in [0.1, 0.15) is 12.4 Å². The molecule has 10 heteroatoms. The standard InChI is InChI=1S/C17H24ClNO4.C8H11Cl2NO/c1-2-14(19-23-7-3-6-18)17-15(20)10-13(11-16(17)21)12-4-8-22-9-5-12;1-3-5-11(6-4-2)8(12)7(9)10/h3,6,12-13,20H,2,4-5,7-11H2,1H3;3-4,7H,1-2,5-6H2/b6-3+,19-14+;. The van der Waals surface area contributed by atoms with Crippen LogP contribution in [0.2, 0.25) is 0 Å². The largest absolute Gasteiger partial charge is 0.511 e. The lowest BCUT2D eigenvalue weighted by molar-refractivity contribution is -0.128. The summed E-state index contributed by atoms with van der Waals surface area (Å²) in [6.45, 7) is 11.5. The predicted molar refractivity (Wildman–Crippen MR) is 142 cm³/mol. The Kier molecular flexibility index (Phi) is 15.7. The SMILES string of the molecule is C=CCN(CC=C)C(=O)C(Cl)Cl.CC/C(=N\OC/C=C/Cl)C1=C(O)CC(C2CCOCC2)CC1=O. The zero-order valence-corrected chi connectivity index (χ0v) is 22.4. The van der Waals surface area contributed by atoms with Crippen molar-refractivity contribution in [2.75, 3.05) is 32.9 Å². The van der Waals surface area contributed by atoms with Crippen molar-refractivity contribution in [2.45, 2.75) is 43.9 Å². The van der Waals surface area contributed by atoms with Crippen LogP contribution in [0.15, 0.2) is 53.4 Å². The maximum Gasteiger partial charge on any atom is 0.256 e. The maximum absolute atomic E-state index is 12.5. The molecule has 0 aromatic carbocycles. The first-order valence-corrected chi connectivity index (χ1v) is 12.9. The second-order valence-electron chi connectivity index (χ2n) is 8.03. The highest BCUT2D eigenvalue weighted by molar-refractivity contribution is 6.53. The van der Waals surface area contributed by atoms with E-state index in [9.17, 15) is 14.7 Å². The molecule has 1 unspecified atom stereocenters. The lowest BCUT2D eigenvalue weighted by atomic mass is 9.75. The summed E-state index contributed by atoms with van der Waals surface area (Å²) in [5, 5.41) is 14.4. The number of halogens is 3. The molecular formula is C25H35Cl3N2O5. The lowest BCUT2D eigenvalue weighted by Gasteiger charge is -2.32. The first-order valence-electron chi connectivity index (χ1n) is 11.6. The minimum Gasteiger partial charge on any atom is -0.511 e. The molecule has 7 nitrogen and oxygen atoms in total.